The fourth-order valence-electron chi connectivity index (χ4n) is 3.65. The standard InChI is InChI=1S/C16H33NO/c1-6-7-8-9-17(12(2)3)16-14(5)10-13(4)11-15(16)18/h12-16,18H,6-11H2,1-5H3. The van der Waals surface area contributed by atoms with Gasteiger partial charge >= 0.3 is 0 Å². The highest BCUT2D eigenvalue weighted by molar-refractivity contribution is 4.91. The molecule has 1 aliphatic carbocycles. The van der Waals surface area contributed by atoms with E-state index in [1.165, 1.54) is 25.7 Å². The van der Waals surface area contributed by atoms with E-state index < -0.39 is 0 Å². The molecule has 2 nitrogen and oxygen atoms in total. The molecule has 0 aliphatic heterocycles. The highest BCUT2D eigenvalue weighted by atomic mass is 16.3. The van der Waals surface area contributed by atoms with Crippen LogP contribution >= 0.6 is 0 Å². The maximum absolute atomic E-state index is 10.4. The maximum atomic E-state index is 10.4. The maximum Gasteiger partial charge on any atom is 0.0700 e. The summed E-state index contributed by atoms with van der Waals surface area (Å²) in [6.45, 7) is 12.5. The minimum absolute atomic E-state index is 0.132. The fourth-order valence-corrected chi connectivity index (χ4v) is 3.65. The molecule has 0 aromatic rings. The van der Waals surface area contributed by atoms with Gasteiger partial charge in [-0.15, -0.1) is 0 Å². The first-order valence-electron chi connectivity index (χ1n) is 7.91. The Morgan fingerprint density at radius 1 is 1.17 bits per heavy atom. The first-order valence-corrected chi connectivity index (χ1v) is 7.91. The van der Waals surface area contributed by atoms with Crippen molar-refractivity contribution < 1.29 is 5.11 Å². The molecule has 1 N–H and O–H groups in total. The normalized spacial score (nSPS) is 33.3. The van der Waals surface area contributed by atoms with Crippen LogP contribution in [0.4, 0.5) is 0 Å². The van der Waals surface area contributed by atoms with Gasteiger partial charge in [0, 0.05) is 12.1 Å². The molecule has 1 fully saturated rings. The molecule has 18 heavy (non-hydrogen) atoms. The van der Waals surface area contributed by atoms with Crippen molar-refractivity contribution in [2.45, 2.75) is 84.9 Å². The molecular formula is C16H33NO. The van der Waals surface area contributed by atoms with Crippen LogP contribution in [0.5, 0.6) is 0 Å². The Labute approximate surface area is 114 Å². The molecule has 0 aromatic heterocycles. The monoisotopic (exact) mass is 255 g/mol. The average molecular weight is 255 g/mol. The summed E-state index contributed by atoms with van der Waals surface area (Å²) in [5.41, 5.74) is 0. The van der Waals surface area contributed by atoms with E-state index in [2.05, 4.69) is 39.5 Å². The van der Waals surface area contributed by atoms with Crippen molar-refractivity contribution in [3.05, 3.63) is 0 Å². The third-order valence-corrected chi connectivity index (χ3v) is 4.46. The van der Waals surface area contributed by atoms with E-state index in [0.717, 1.165) is 13.0 Å². The van der Waals surface area contributed by atoms with Gasteiger partial charge in [0.2, 0.25) is 0 Å². The predicted octanol–water partition coefficient (Wildman–Crippen LogP) is 3.68. The van der Waals surface area contributed by atoms with Crippen molar-refractivity contribution in [3.8, 4) is 0 Å². The van der Waals surface area contributed by atoms with Crippen molar-refractivity contribution in [1.82, 2.24) is 4.90 Å². The van der Waals surface area contributed by atoms with Crippen LogP contribution in [0.3, 0.4) is 0 Å². The van der Waals surface area contributed by atoms with Crippen LogP contribution in [0.2, 0.25) is 0 Å². The molecule has 0 spiro atoms. The van der Waals surface area contributed by atoms with E-state index in [9.17, 15) is 5.11 Å². The molecule has 1 rings (SSSR count). The molecular weight excluding hydrogens is 222 g/mol. The Hall–Kier alpha value is -0.0800. The first-order chi connectivity index (χ1) is 8.47. The van der Waals surface area contributed by atoms with Gasteiger partial charge in [-0.05, 0) is 51.5 Å². The number of aliphatic hydroxyl groups excluding tert-OH is 1. The zero-order valence-corrected chi connectivity index (χ0v) is 13.0. The van der Waals surface area contributed by atoms with Crippen LogP contribution < -0.4 is 0 Å². The summed E-state index contributed by atoms with van der Waals surface area (Å²) in [6.07, 6.45) is 5.95. The minimum atomic E-state index is -0.132. The fraction of sp³-hybridized carbons (Fsp3) is 1.00. The smallest absolute Gasteiger partial charge is 0.0700 e. The van der Waals surface area contributed by atoms with E-state index in [4.69, 9.17) is 0 Å². The Balaban J connectivity index is 2.65. The molecule has 0 heterocycles. The van der Waals surface area contributed by atoms with E-state index >= 15 is 0 Å². The lowest BCUT2D eigenvalue weighted by molar-refractivity contribution is -0.0373. The molecule has 108 valence electrons. The van der Waals surface area contributed by atoms with Crippen molar-refractivity contribution in [2.75, 3.05) is 6.54 Å². The lowest BCUT2D eigenvalue weighted by atomic mass is 9.77. The highest BCUT2D eigenvalue weighted by Gasteiger charge is 2.37. The quantitative estimate of drug-likeness (QED) is 0.732. The summed E-state index contributed by atoms with van der Waals surface area (Å²) in [4.78, 5) is 2.55. The Morgan fingerprint density at radius 3 is 2.33 bits per heavy atom. The first kappa shape index (κ1) is 16.0. The zero-order valence-electron chi connectivity index (χ0n) is 13.0. The average Bonchev–Trinajstić information content (AvgIpc) is 2.25. The molecule has 4 atom stereocenters. The van der Waals surface area contributed by atoms with Crippen LogP contribution in [0.15, 0.2) is 0 Å². The van der Waals surface area contributed by atoms with Gasteiger partial charge in [-0.3, -0.25) is 4.90 Å². The second-order valence-electron chi connectivity index (χ2n) is 6.65. The van der Waals surface area contributed by atoms with Gasteiger partial charge < -0.3 is 5.11 Å². The van der Waals surface area contributed by atoms with E-state index in [-0.39, 0.29) is 6.10 Å². The number of nitrogens with zero attached hydrogens (tertiary/aromatic N) is 1. The van der Waals surface area contributed by atoms with Gasteiger partial charge in [-0.1, -0.05) is 33.6 Å². The Morgan fingerprint density at radius 2 is 1.83 bits per heavy atom. The second-order valence-corrected chi connectivity index (χ2v) is 6.65. The molecule has 1 saturated carbocycles. The molecule has 4 unspecified atom stereocenters. The zero-order chi connectivity index (χ0) is 13.7. The van der Waals surface area contributed by atoms with Crippen molar-refractivity contribution in [2.24, 2.45) is 11.8 Å². The minimum Gasteiger partial charge on any atom is -0.391 e. The lowest BCUT2D eigenvalue weighted by Crippen LogP contribution is -2.54. The van der Waals surface area contributed by atoms with E-state index in [1.54, 1.807) is 0 Å². The summed E-state index contributed by atoms with van der Waals surface area (Å²) in [5.74, 6) is 1.30. The predicted molar refractivity (Wildman–Crippen MR) is 78.7 cm³/mol. The second kappa shape index (κ2) is 7.49. The largest absolute Gasteiger partial charge is 0.391 e. The summed E-state index contributed by atoms with van der Waals surface area (Å²) >= 11 is 0. The molecule has 0 bridgehead atoms. The van der Waals surface area contributed by atoms with Gasteiger partial charge in [-0.25, -0.2) is 0 Å². The molecule has 2 heteroatoms. The van der Waals surface area contributed by atoms with Gasteiger partial charge in [0.1, 0.15) is 0 Å². The summed E-state index contributed by atoms with van der Waals surface area (Å²) in [6, 6.07) is 0.912. The molecule has 0 radical (unpaired) electrons. The van der Waals surface area contributed by atoms with Gasteiger partial charge in [0.05, 0.1) is 6.10 Å². The number of unbranched alkanes of at least 4 members (excludes halogenated alkanes) is 2. The number of aliphatic hydroxyl groups is 1. The van der Waals surface area contributed by atoms with Gasteiger partial charge in [0.15, 0.2) is 0 Å². The highest BCUT2D eigenvalue weighted by Crippen LogP contribution is 2.33. The topological polar surface area (TPSA) is 23.5 Å². The lowest BCUT2D eigenvalue weighted by Gasteiger charge is -2.45. The van der Waals surface area contributed by atoms with Crippen LogP contribution in [-0.2, 0) is 0 Å². The number of rotatable bonds is 6. The molecule has 1 aliphatic rings. The third kappa shape index (κ3) is 4.24. The number of hydrogen-bond donors (Lipinski definition) is 1. The van der Waals surface area contributed by atoms with E-state index in [0.29, 0.717) is 23.9 Å². The molecule has 0 aromatic carbocycles. The van der Waals surface area contributed by atoms with Crippen LogP contribution in [-0.4, -0.2) is 34.7 Å². The Kier molecular flexibility index (Phi) is 6.65. The van der Waals surface area contributed by atoms with Crippen molar-refractivity contribution >= 4 is 0 Å². The molecule has 0 amide bonds. The van der Waals surface area contributed by atoms with Gasteiger partial charge in [0.25, 0.3) is 0 Å². The number of hydrogen-bond acceptors (Lipinski definition) is 2. The van der Waals surface area contributed by atoms with Crippen LogP contribution in [0, 0.1) is 11.8 Å². The van der Waals surface area contributed by atoms with Gasteiger partial charge in [-0.2, -0.15) is 0 Å². The van der Waals surface area contributed by atoms with Crippen molar-refractivity contribution in [3.63, 3.8) is 0 Å². The summed E-state index contributed by atoms with van der Waals surface area (Å²) < 4.78 is 0. The third-order valence-electron chi connectivity index (χ3n) is 4.46. The Bertz CT molecular complexity index is 217. The van der Waals surface area contributed by atoms with Crippen molar-refractivity contribution in [1.29, 1.82) is 0 Å². The molecule has 0 saturated heterocycles. The van der Waals surface area contributed by atoms with Crippen LogP contribution in [0.1, 0.15) is 66.7 Å². The SMILES string of the molecule is CCCCCN(C(C)C)C1C(C)CC(C)CC1O. The van der Waals surface area contributed by atoms with E-state index in [1.807, 2.05) is 0 Å². The summed E-state index contributed by atoms with van der Waals surface area (Å²) in [7, 11) is 0. The summed E-state index contributed by atoms with van der Waals surface area (Å²) in [5, 5.41) is 10.4. The van der Waals surface area contributed by atoms with Crippen LogP contribution in [0.25, 0.3) is 0 Å².